The molecule has 1 aliphatic heterocycles. The average Bonchev–Trinajstić information content (AvgIpc) is 3.05. The summed E-state index contributed by atoms with van der Waals surface area (Å²) in [6.45, 7) is 4.55. The quantitative estimate of drug-likeness (QED) is 0.715. The number of carbonyl (C=O) groups is 1. The number of amides is 1. The molecule has 1 aromatic heterocycles. The van der Waals surface area contributed by atoms with Crippen molar-refractivity contribution in [2.75, 3.05) is 26.2 Å². The average molecular weight is 350 g/mol. The normalized spacial score (nSPS) is 15.6. The predicted molar refractivity (Wildman–Crippen MR) is 104 cm³/mol. The van der Waals surface area contributed by atoms with E-state index in [1.807, 2.05) is 46.6 Å². The van der Waals surface area contributed by atoms with Gasteiger partial charge < -0.3 is 4.90 Å². The minimum Gasteiger partial charge on any atom is -0.340 e. The Bertz CT molecular complexity index is 817. The number of hydrogen-bond donors (Lipinski definition) is 0. The zero-order chi connectivity index (χ0) is 17.1. The molecule has 2 aromatic carbocycles. The van der Waals surface area contributed by atoms with Crippen molar-refractivity contribution in [2.24, 2.45) is 0 Å². The van der Waals surface area contributed by atoms with Crippen molar-refractivity contribution in [3.05, 3.63) is 71.1 Å². The van der Waals surface area contributed by atoms with Crippen molar-refractivity contribution in [2.45, 2.75) is 13.0 Å². The lowest BCUT2D eigenvalue weighted by Crippen LogP contribution is -2.48. The molecule has 3 nitrogen and oxygen atoms in total. The summed E-state index contributed by atoms with van der Waals surface area (Å²) < 4.78 is 1.36. The second kappa shape index (κ2) is 7.38. The number of nitrogens with zero attached hydrogens (tertiary/aromatic N) is 2. The number of thiophene rings is 1. The zero-order valence-electron chi connectivity index (χ0n) is 14.2. The standard InChI is InChI=1S/C21H22N2OS/c24-21(14-17-6-2-1-3-7-17)23-12-10-22(11-13-23)16-19-15-18-8-4-5-9-20(18)25-19/h1-9,15H,10-14,16H2. The van der Waals surface area contributed by atoms with E-state index in [0.29, 0.717) is 6.42 Å². The Kier molecular flexibility index (Phi) is 4.81. The van der Waals surface area contributed by atoms with Crippen LogP contribution in [-0.4, -0.2) is 41.9 Å². The third-order valence-electron chi connectivity index (χ3n) is 4.78. The number of fused-ring (bicyclic) bond motifs is 1. The van der Waals surface area contributed by atoms with Gasteiger partial charge in [-0.25, -0.2) is 0 Å². The summed E-state index contributed by atoms with van der Waals surface area (Å²) >= 11 is 1.88. The highest BCUT2D eigenvalue weighted by Crippen LogP contribution is 2.26. The van der Waals surface area contributed by atoms with Crippen molar-refractivity contribution in [3.63, 3.8) is 0 Å². The summed E-state index contributed by atoms with van der Waals surface area (Å²) in [6, 6.07) is 20.9. The molecule has 1 fully saturated rings. The summed E-state index contributed by atoms with van der Waals surface area (Å²) in [5, 5.41) is 1.33. The molecule has 1 amide bonds. The molecule has 25 heavy (non-hydrogen) atoms. The van der Waals surface area contributed by atoms with Crippen molar-refractivity contribution in [1.29, 1.82) is 0 Å². The third-order valence-corrected chi connectivity index (χ3v) is 5.88. The summed E-state index contributed by atoms with van der Waals surface area (Å²) in [6.07, 6.45) is 0.511. The maximum atomic E-state index is 12.5. The van der Waals surface area contributed by atoms with Gasteiger partial charge in [0.2, 0.25) is 5.91 Å². The lowest BCUT2D eigenvalue weighted by Gasteiger charge is -2.34. The molecule has 128 valence electrons. The van der Waals surface area contributed by atoms with E-state index < -0.39 is 0 Å². The van der Waals surface area contributed by atoms with E-state index in [4.69, 9.17) is 0 Å². The third kappa shape index (κ3) is 3.91. The number of rotatable bonds is 4. The van der Waals surface area contributed by atoms with Gasteiger partial charge in [0, 0.05) is 42.3 Å². The maximum absolute atomic E-state index is 12.5. The predicted octanol–water partition coefficient (Wildman–Crippen LogP) is 3.79. The molecule has 2 heterocycles. The molecule has 4 heteroatoms. The van der Waals surface area contributed by atoms with Crippen LogP contribution in [0.15, 0.2) is 60.7 Å². The van der Waals surface area contributed by atoms with Crippen LogP contribution in [0.1, 0.15) is 10.4 Å². The van der Waals surface area contributed by atoms with Gasteiger partial charge in [0.05, 0.1) is 6.42 Å². The number of piperazine rings is 1. The Morgan fingerprint density at radius 2 is 1.64 bits per heavy atom. The minimum atomic E-state index is 0.243. The molecule has 0 unspecified atom stereocenters. The molecule has 0 saturated carbocycles. The first kappa shape index (κ1) is 16.3. The fourth-order valence-electron chi connectivity index (χ4n) is 3.37. The second-order valence-corrected chi connectivity index (χ2v) is 7.74. The Morgan fingerprint density at radius 3 is 2.40 bits per heavy atom. The molecular formula is C21H22N2OS. The zero-order valence-corrected chi connectivity index (χ0v) is 15.0. The fraction of sp³-hybridized carbons (Fsp3) is 0.286. The Morgan fingerprint density at radius 1 is 0.920 bits per heavy atom. The highest BCUT2D eigenvalue weighted by Gasteiger charge is 2.21. The Balaban J connectivity index is 1.31. The number of benzene rings is 2. The molecule has 0 radical (unpaired) electrons. The second-order valence-electron chi connectivity index (χ2n) is 6.57. The number of carbonyl (C=O) groups excluding carboxylic acids is 1. The van der Waals surface area contributed by atoms with Gasteiger partial charge in [0.25, 0.3) is 0 Å². The first-order valence-electron chi connectivity index (χ1n) is 8.79. The molecule has 0 atom stereocenters. The van der Waals surface area contributed by atoms with Gasteiger partial charge in [-0.1, -0.05) is 48.5 Å². The van der Waals surface area contributed by atoms with Gasteiger partial charge in [-0.3, -0.25) is 9.69 Å². The van der Waals surface area contributed by atoms with Crippen LogP contribution in [0.25, 0.3) is 10.1 Å². The molecule has 0 N–H and O–H groups in total. The highest BCUT2D eigenvalue weighted by molar-refractivity contribution is 7.19. The highest BCUT2D eigenvalue weighted by atomic mass is 32.1. The van der Waals surface area contributed by atoms with Gasteiger partial charge in [-0.15, -0.1) is 11.3 Å². The molecule has 1 saturated heterocycles. The van der Waals surface area contributed by atoms with E-state index in [-0.39, 0.29) is 5.91 Å². The SMILES string of the molecule is O=C(Cc1ccccc1)N1CCN(Cc2cc3ccccc3s2)CC1. The Labute approximate surface area is 152 Å². The molecule has 0 bridgehead atoms. The van der Waals surface area contributed by atoms with E-state index in [0.717, 1.165) is 38.3 Å². The smallest absolute Gasteiger partial charge is 0.227 e. The van der Waals surface area contributed by atoms with Crippen LogP contribution in [-0.2, 0) is 17.8 Å². The summed E-state index contributed by atoms with van der Waals surface area (Å²) in [5.74, 6) is 0.243. The summed E-state index contributed by atoms with van der Waals surface area (Å²) in [7, 11) is 0. The van der Waals surface area contributed by atoms with Crippen LogP contribution in [0.4, 0.5) is 0 Å². The molecule has 4 rings (SSSR count). The Hall–Kier alpha value is -2.17. The molecule has 3 aromatic rings. The summed E-state index contributed by atoms with van der Waals surface area (Å²) in [4.78, 5) is 18.3. The molecule has 0 aliphatic carbocycles. The monoisotopic (exact) mass is 350 g/mol. The minimum absolute atomic E-state index is 0.243. The van der Waals surface area contributed by atoms with E-state index in [9.17, 15) is 4.79 Å². The first-order valence-corrected chi connectivity index (χ1v) is 9.61. The van der Waals surface area contributed by atoms with Crippen molar-refractivity contribution in [1.82, 2.24) is 9.80 Å². The van der Waals surface area contributed by atoms with Crippen molar-refractivity contribution < 1.29 is 4.79 Å². The van der Waals surface area contributed by atoms with E-state index in [2.05, 4.69) is 35.2 Å². The lowest BCUT2D eigenvalue weighted by atomic mass is 10.1. The molecule has 1 aliphatic rings. The van der Waals surface area contributed by atoms with Gasteiger partial charge in [-0.2, -0.15) is 0 Å². The van der Waals surface area contributed by atoms with E-state index in [1.54, 1.807) is 0 Å². The van der Waals surface area contributed by atoms with Crippen LogP contribution >= 0.6 is 11.3 Å². The van der Waals surface area contributed by atoms with E-state index in [1.165, 1.54) is 15.0 Å². The topological polar surface area (TPSA) is 23.6 Å². The van der Waals surface area contributed by atoms with Crippen LogP contribution in [0.3, 0.4) is 0 Å². The van der Waals surface area contributed by atoms with Crippen LogP contribution in [0, 0.1) is 0 Å². The lowest BCUT2D eigenvalue weighted by molar-refractivity contribution is -0.132. The maximum Gasteiger partial charge on any atom is 0.227 e. The first-order chi connectivity index (χ1) is 12.3. The molecule has 0 spiro atoms. The van der Waals surface area contributed by atoms with Gasteiger partial charge in [0.15, 0.2) is 0 Å². The largest absolute Gasteiger partial charge is 0.340 e. The van der Waals surface area contributed by atoms with Gasteiger partial charge in [0.1, 0.15) is 0 Å². The van der Waals surface area contributed by atoms with Crippen LogP contribution in [0.5, 0.6) is 0 Å². The van der Waals surface area contributed by atoms with Gasteiger partial charge >= 0.3 is 0 Å². The number of hydrogen-bond acceptors (Lipinski definition) is 3. The van der Waals surface area contributed by atoms with Crippen LogP contribution < -0.4 is 0 Å². The van der Waals surface area contributed by atoms with Crippen LogP contribution in [0.2, 0.25) is 0 Å². The fourth-order valence-corrected chi connectivity index (χ4v) is 4.48. The van der Waals surface area contributed by atoms with E-state index >= 15 is 0 Å². The summed E-state index contributed by atoms with van der Waals surface area (Å²) in [5.41, 5.74) is 1.10. The molecular weight excluding hydrogens is 328 g/mol. The van der Waals surface area contributed by atoms with Crippen molar-refractivity contribution >= 4 is 27.3 Å². The van der Waals surface area contributed by atoms with Crippen molar-refractivity contribution in [3.8, 4) is 0 Å². The van der Waals surface area contributed by atoms with Gasteiger partial charge in [-0.05, 0) is 23.1 Å².